The summed E-state index contributed by atoms with van der Waals surface area (Å²) < 4.78 is 5.48. The molecule has 0 fully saturated rings. The third-order valence-corrected chi connectivity index (χ3v) is 4.83. The molecule has 13 heavy (non-hydrogen) atoms. The first-order valence-corrected chi connectivity index (χ1v) is 8.18. The Morgan fingerprint density at radius 3 is 2.15 bits per heavy atom. The summed E-state index contributed by atoms with van der Waals surface area (Å²) in [7, 11) is 0.523. The average Bonchev–Trinajstić information content (AvgIpc) is 1.97. The molecule has 0 aromatic heterocycles. The molecule has 3 heteroatoms. The Labute approximate surface area is 84.2 Å². The van der Waals surface area contributed by atoms with Gasteiger partial charge in [0, 0.05) is 12.6 Å². The van der Waals surface area contributed by atoms with Crippen LogP contribution in [0, 0.1) is 0 Å². The SMILES string of the molecule is CO[Si](C)(C)CCCNC(C)(C)C. The molecule has 80 valence electrons. The van der Waals surface area contributed by atoms with Gasteiger partial charge >= 0.3 is 0 Å². The van der Waals surface area contributed by atoms with Crippen molar-refractivity contribution in [3.05, 3.63) is 0 Å². The van der Waals surface area contributed by atoms with Crippen LogP contribution < -0.4 is 5.32 Å². The Kier molecular flexibility index (Phi) is 5.18. The Morgan fingerprint density at radius 2 is 1.77 bits per heavy atom. The number of hydrogen-bond donors (Lipinski definition) is 1. The van der Waals surface area contributed by atoms with Crippen molar-refractivity contribution in [2.45, 2.75) is 51.9 Å². The van der Waals surface area contributed by atoms with Crippen molar-refractivity contribution in [3.63, 3.8) is 0 Å². The lowest BCUT2D eigenvalue weighted by molar-refractivity contribution is 0.393. The standard InChI is InChI=1S/C10H25NOSi/c1-10(2,3)11-8-7-9-13(5,6)12-4/h11H,7-9H2,1-6H3. The van der Waals surface area contributed by atoms with Gasteiger partial charge in [0.2, 0.25) is 0 Å². The van der Waals surface area contributed by atoms with E-state index in [1.54, 1.807) is 0 Å². The minimum atomic E-state index is -1.31. The molecule has 0 aromatic rings. The van der Waals surface area contributed by atoms with E-state index in [-0.39, 0.29) is 5.54 Å². The molecule has 0 saturated carbocycles. The molecule has 0 radical (unpaired) electrons. The molecule has 0 heterocycles. The number of nitrogens with one attached hydrogen (secondary N) is 1. The summed E-state index contributed by atoms with van der Waals surface area (Å²) in [6.07, 6.45) is 1.23. The van der Waals surface area contributed by atoms with Gasteiger partial charge in [-0.2, -0.15) is 0 Å². The van der Waals surface area contributed by atoms with E-state index in [1.807, 2.05) is 7.11 Å². The van der Waals surface area contributed by atoms with Gasteiger partial charge in [-0.25, -0.2) is 0 Å². The molecule has 0 bridgehead atoms. The topological polar surface area (TPSA) is 21.3 Å². The molecule has 0 rings (SSSR count). The van der Waals surface area contributed by atoms with E-state index < -0.39 is 8.32 Å². The van der Waals surface area contributed by atoms with E-state index in [0.29, 0.717) is 0 Å². The second kappa shape index (κ2) is 5.13. The van der Waals surface area contributed by atoms with E-state index >= 15 is 0 Å². The van der Waals surface area contributed by atoms with Crippen LogP contribution in [-0.4, -0.2) is 27.5 Å². The molecule has 0 unspecified atom stereocenters. The number of rotatable bonds is 5. The maximum absolute atomic E-state index is 5.48. The van der Waals surface area contributed by atoms with Gasteiger partial charge in [-0.1, -0.05) is 0 Å². The summed E-state index contributed by atoms with van der Waals surface area (Å²) >= 11 is 0. The normalized spacial score (nSPS) is 13.4. The first kappa shape index (κ1) is 13.1. The third-order valence-electron chi connectivity index (χ3n) is 2.16. The van der Waals surface area contributed by atoms with Crippen LogP contribution in [0.2, 0.25) is 19.1 Å². The van der Waals surface area contributed by atoms with Gasteiger partial charge in [0.15, 0.2) is 8.32 Å². The Morgan fingerprint density at radius 1 is 1.23 bits per heavy atom. The summed E-state index contributed by atoms with van der Waals surface area (Å²) in [5.74, 6) is 0. The van der Waals surface area contributed by atoms with E-state index in [9.17, 15) is 0 Å². The molecular formula is C10H25NOSi. The van der Waals surface area contributed by atoms with Gasteiger partial charge in [-0.15, -0.1) is 0 Å². The van der Waals surface area contributed by atoms with Gasteiger partial charge in [0.05, 0.1) is 0 Å². The highest BCUT2D eigenvalue weighted by atomic mass is 28.4. The molecule has 0 aliphatic rings. The fourth-order valence-electron chi connectivity index (χ4n) is 1.08. The van der Waals surface area contributed by atoms with Gasteiger partial charge in [0.1, 0.15) is 0 Å². The van der Waals surface area contributed by atoms with Crippen LogP contribution in [0.25, 0.3) is 0 Å². The lowest BCUT2D eigenvalue weighted by atomic mass is 10.1. The van der Waals surface area contributed by atoms with Crippen molar-refractivity contribution in [2.75, 3.05) is 13.7 Å². The zero-order chi connectivity index (χ0) is 10.5. The quantitative estimate of drug-likeness (QED) is 0.548. The van der Waals surface area contributed by atoms with Crippen LogP contribution >= 0.6 is 0 Å². The molecule has 0 amide bonds. The average molecular weight is 203 g/mol. The predicted octanol–water partition coefficient (Wildman–Crippen LogP) is 2.62. The van der Waals surface area contributed by atoms with Crippen LogP contribution in [0.15, 0.2) is 0 Å². The Hall–Kier alpha value is 0.137. The molecule has 0 aromatic carbocycles. The van der Waals surface area contributed by atoms with Gasteiger partial charge in [0.25, 0.3) is 0 Å². The molecule has 1 N–H and O–H groups in total. The van der Waals surface area contributed by atoms with E-state index in [4.69, 9.17) is 4.43 Å². The fourth-order valence-corrected chi connectivity index (χ4v) is 2.31. The van der Waals surface area contributed by atoms with Crippen LogP contribution in [0.4, 0.5) is 0 Å². The first-order chi connectivity index (χ1) is 5.77. The second-order valence-corrected chi connectivity index (χ2v) is 9.67. The molecule has 0 saturated heterocycles. The van der Waals surface area contributed by atoms with Crippen LogP contribution in [-0.2, 0) is 4.43 Å². The van der Waals surface area contributed by atoms with Crippen molar-refractivity contribution in [3.8, 4) is 0 Å². The zero-order valence-electron chi connectivity index (χ0n) is 10.0. The van der Waals surface area contributed by atoms with Gasteiger partial charge in [-0.05, 0) is 52.9 Å². The zero-order valence-corrected chi connectivity index (χ0v) is 11.0. The molecule has 0 aliphatic carbocycles. The molecule has 2 nitrogen and oxygen atoms in total. The molecular weight excluding hydrogens is 178 g/mol. The maximum Gasteiger partial charge on any atom is 0.186 e. The Balaban J connectivity index is 3.47. The van der Waals surface area contributed by atoms with Crippen LogP contribution in [0.3, 0.4) is 0 Å². The minimum Gasteiger partial charge on any atom is -0.420 e. The Bertz CT molecular complexity index is 140. The van der Waals surface area contributed by atoms with Crippen molar-refractivity contribution in [1.82, 2.24) is 5.32 Å². The maximum atomic E-state index is 5.48. The molecule has 0 spiro atoms. The summed E-state index contributed by atoms with van der Waals surface area (Å²) in [5, 5.41) is 3.49. The number of hydrogen-bond acceptors (Lipinski definition) is 2. The minimum absolute atomic E-state index is 0.249. The summed E-state index contributed by atoms with van der Waals surface area (Å²) in [6.45, 7) is 12.2. The molecule has 0 aliphatic heterocycles. The van der Waals surface area contributed by atoms with E-state index in [0.717, 1.165) is 6.54 Å². The fraction of sp³-hybridized carbons (Fsp3) is 1.00. The highest BCUT2D eigenvalue weighted by molar-refractivity contribution is 6.71. The van der Waals surface area contributed by atoms with Crippen molar-refractivity contribution < 1.29 is 4.43 Å². The van der Waals surface area contributed by atoms with Crippen molar-refractivity contribution >= 4 is 8.32 Å². The van der Waals surface area contributed by atoms with Crippen molar-refractivity contribution in [2.24, 2.45) is 0 Å². The monoisotopic (exact) mass is 203 g/mol. The van der Waals surface area contributed by atoms with E-state index in [1.165, 1.54) is 12.5 Å². The van der Waals surface area contributed by atoms with Crippen LogP contribution in [0.5, 0.6) is 0 Å². The lowest BCUT2D eigenvalue weighted by Crippen LogP contribution is -2.37. The second-order valence-electron chi connectivity index (χ2n) is 5.24. The highest BCUT2D eigenvalue weighted by Gasteiger charge is 2.19. The summed E-state index contributed by atoms with van der Waals surface area (Å²) in [4.78, 5) is 0. The third kappa shape index (κ3) is 8.47. The van der Waals surface area contributed by atoms with Gasteiger partial charge in [-0.3, -0.25) is 0 Å². The smallest absolute Gasteiger partial charge is 0.186 e. The van der Waals surface area contributed by atoms with E-state index in [2.05, 4.69) is 39.2 Å². The van der Waals surface area contributed by atoms with Crippen molar-refractivity contribution in [1.29, 1.82) is 0 Å². The summed E-state index contributed by atoms with van der Waals surface area (Å²) in [6, 6.07) is 1.24. The summed E-state index contributed by atoms with van der Waals surface area (Å²) in [5.41, 5.74) is 0.249. The lowest BCUT2D eigenvalue weighted by Gasteiger charge is -2.23. The van der Waals surface area contributed by atoms with Gasteiger partial charge < -0.3 is 9.74 Å². The largest absolute Gasteiger partial charge is 0.420 e. The van der Waals surface area contributed by atoms with Crippen LogP contribution in [0.1, 0.15) is 27.2 Å². The molecule has 0 atom stereocenters. The first-order valence-electron chi connectivity index (χ1n) is 5.07. The predicted molar refractivity (Wildman–Crippen MR) is 61.7 cm³/mol. The highest BCUT2D eigenvalue weighted by Crippen LogP contribution is 2.12.